The Morgan fingerprint density at radius 3 is 2.48 bits per heavy atom. The van der Waals surface area contributed by atoms with Crippen LogP contribution in [0.15, 0.2) is 36.4 Å². The molecule has 2 aromatic carbocycles. The highest BCUT2D eigenvalue weighted by molar-refractivity contribution is 6.30. The van der Waals surface area contributed by atoms with Crippen LogP contribution in [-0.2, 0) is 6.42 Å². The number of rotatable bonds is 5. The molecule has 0 spiro atoms. The van der Waals surface area contributed by atoms with Crippen molar-refractivity contribution in [3.63, 3.8) is 0 Å². The highest BCUT2D eigenvalue weighted by Crippen LogP contribution is 2.24. The summed E-state index contributed by atoms with van der Waals surface area (Å²) in [5.74, 6) is -0.691. The number of hydrogen-bond acceptors (Lipinski definition) is 1. The van der Waals surface area contributed by atoms with E-state index in [1.165, 1.54) is 18.2 Å². The first kappa shape index (κ1) is 15.9. The fourth-order valence-corrected chi connectivity index (χ4v) is 2.47. The van der Waals surface area contributed by atoms with Crippen LogP contribution in [0.5, 0.6) is 0 Å². The van der Waals surface area contributed by atoms with E-state index in [-0.39, 0.29) is 16.9 Å². The molecule has 0 heterocycles. The van der Waals surface area contributed by atoms with E-state index in [1.54, 1.807) is 12.1 Å². The molecular weight excluding hydrogens is 292 g/mol. The average Bonchev–Trinajstić information content (AvgIpc) is 2.42. The summed E-state index contributed by atoms with van der Waals surface area (Å²) in [7, 11) is 0. The molecule has 1 N–H and O–H groups in total. The number of hydrogen-bond donors (Lipinski definition) is 1. The van der Waals surface area contributed by atoms with Crippen molar-refractivity contribution >= 4 is 11.6 Å². The van der Waals surface area contributed by atoms with Gasteiger partial charge in [-0.2, -0.15) is 0 Å². The fraction of sp³-hybridized carbons (Fsp3) is 0.294. The third-order valence-electron chi connectivity index (χ3n) is 3.41. The highest BCUT2D eigenvalue weighted by Gasteiger charge is 2.16. The molecule has 0 saturated carbocycles. The van der Waals surface area contributed by atoms with Crippen LogP contribution in [0.25, 0.3) is 0 Å². The Balaban J connectivity index is 2.28. The van der Waals surface area contributed by atoms with Gasteiger partial charge in [-0.3, -0.25) is 0 Å². The van der Waals surface area contributed by atoms with Crippen molar-refractivity contribution in [2.24, 2.45) is 0 Å². The Hall–Kier alpha value is -1.45. The number of nitrogens with one attached hydrogen (secondary N) is 1. The molecule has 0 bridgehead atoms. The SMILES string of the molecule is CCNC(Cc1ccc(Cl)c(F)c1)c1ccc(C)cc1F. The number of likely N-dealkylation sites (N-methyl/N-ethyl adjacent to an activating group) is 1. The molecule has 4 heteroatoms. The van der Waals surface area contributed by atoms with E-state index in [0.717, 1.165) is 11.1 Å². The Morgan fingerprint density at radius 2 is 1.86 bits per heavy atom. The normalized spacial score (nSPS) is 12.4. The van der Waals surface area contributed by atoms with Gasteiger partial charge >= 0.3 is 0 Å². The van der Waals surface area contributed by atoms with Gasteiger partial charge in [0.25, 0.3) is 0 Å². The summed E-state index contributed by atoms with van der Waals surface area (Å²) in [6.07, 6.45) is 0.502. The molecule has 21 heavy (non-hydrogen) atoms. The standard InChI is InChI=1S/C17H18ClF2N/c1-3-21-17(13-6-4-11(2)8-15(13)19)10-12-5-7-14(18)16(20)9-12/h4-9,17,21H,3,10H2,1-2H3. The topological polar surface area (TPSA) is 12.0 Å². The molecule has 0 aliphatic heterocycles. The maximum absolute atomic E-state index is 14.1. The van der Waals surface area contributed by atoms with Gasteiger partial charge in [-0.15, -0.1) is 0 Å². The van der Waals surface area contributed by atoms with Crippen molar-refractivity contribution in [1.82, 2.24) is 5.32 Å². The monoisotopic (exact) mass is 309 g/mol. The van der Waals surface area contributed by atoms with Crippen LogP contribution in [-0.4, -0.2) is 6.54 Å². The lowest BCUT2D eigenvalue weighted by atomic mass is 9.97. The van der Waals surface area contributed by atoms with Gasteiger partial charge in [0.15, 0.2) is 0 Å². The zero-order valence-corrected chi connectivity index (χ0v) is 12.8. The van der Waals surface area contributed by atoms with E-state index in [4.69, 9.17) is 11.6 Å². The second-order valence-corrected chi connectivity index (χ2v) is 5.50. The van der Waals surface area contributed by atoms with Gasteiger partial charge in [0, 0.05) is 11.6 Å². The van der Waals surface area contributed by atoms with E-state index in [2.05, 4.69) is 5.32 Å². The van der Waals surface area contributed by atoms with Gasteiger partial charge in [0.2, 0.25) is 0 Å². The summed E-state index contributed by atoms with van der Waals surface area (Å²) in [5, 5.41) is 3.34. The largest absolute Gasteiger partial charge is 0.310 e. The maximum Gasteiger partial charge on any atom is 0.142 e. The third-order valence-corrected chi connectivity index (χ3v) is 3.71. The summed E-state index contributed by atoms with van der Waals surface area (Å²) in [6, 6.07) is 9.68. The zero-order valence-electron chi connectivity index (χ0n) is 12.1. The second kappa shape index (κ2) is 7.01. The molecule has 0 aliphatic rings. The highest BCUT2D eigenvalue weighted by atomic mass is 35.5. The first-order valence-corrected chi connectivity index (χ1v) is 7.32. The summed E-state index contributed by atoms with van der Waals surface area (Å²) in [4.78, 5) is 0. The lowest BCUT2D eigenvalue weighted by Gasteiger charge is -2.19. The molecule has 112 valence electrons. The minimum atomic E-state index is -0.450. The number of aryl methyl sites for hydroxylation is 1. The summed E-state index contributed by atoms with van der Waals surface area (Å²) < 4.78 is 27.7. The van der Waals surface area contributed by atoms with E-state index >= 15 is 0 Å². The second-order valence-electron chi connectivity index (χ2n) is 5.09. The van der Waals surface area contributed by atoms with Gasteiger partial charge < -0.3 is 5.32 Å². The van der Waals surface area contributed by atoms with Crippen LogP contribution >= 0.6 is 11.6 Å². The van der Waals surface area contributed by atoms with Crippen LogP contribution < -0.4 is 5.32 Å². The van der Waals surface area contributed by atoms with Crippen molar-refractivity contribution < 1.29 is 8.78 Å². The molecule has 0 aromatic heterocycles. The number of benzene rings is 2. The third kappa shape index (κ3) is 4.02. The van der Waals surface area contributed by atoms with Crippen molar-refractivity contribution in [2.45, 2.75) is 26.3 Å². The lowest BCUT2D eigenvalue weighted by Crippen LogP contribution is -2.24. The van der Waals surface area contributed by atoms with Gasteiger partial charge in [-0.25, -0.2) is 8.78 Å². The van der Waals surface area contributed by atoms with Gasteiger partial charge in [0.05, 0.1) is 5.02 Å². The quantitative estimate of drug-likeness (QED) is 0.835. The van der Waals surface area contributed by atoms with Crippen LogP contribution in [0.1, 0.15) is 29.7 Å². The summed E-state index contributed by atoms with van der Waals surface area (Å²) >= 11 is 5.69. The zero-order chi connectivity index (χ0) is 15.4. The average molecular weight is 310 g/mol. The van der Waals surface area contributed by atoms with E-state index < -0.39 is 5.82 Å². The minimum Gasteiger partial charge on any atom is -0.310 e. The number of halogens is 3. The Kier molecular flexibility index (Phi) is 5.32. The molecule has 2 aromatic rings. The van der Waals surface area contributed by atoms with E-state index in [0.29, 0.717) is 18.5 Å². The molecular formula is C17H18ClF2N. The molecule has 2 rings (SSSR count). The summed E-state index contributed by atoms with van der Waals surface area (Å²) in [5.41, 5.74) is 2.25. The summed E-state index contributed by atoms with van der Waals surface area (Å²) in [6.45, 7) is 4.51. The van der Waals surface area contributed by atoms with Crippen molar-refractivity contribution in [1.29, 1.82) is 0 Å². The lowest BCUT2D eigenvalue weighted by molar-refractivity contribution is 0.508. The molecule has 0 fully saturated rings. The Bertz CT molecular complexity index is 628. The molecule has 0 saturated heterocycles. The fourth-order valence-electron chi connectivity index (χ4n) is 2.36. The van der Waals surface area contributed by atoms with Crippen LogP contribution in [0.3, 0.4) is 0 Å². The first-order valence-electron chi connectivity index (χ1n) is 6.94. The molecule has 0 aliphatic carbocycles. The van der Waals surface area contributed by atoms with Crippen molar-refractivity contribution in [3.05, 3.63) is 69.7 Å². The Labute approximate surface area is 128 Å². The maximum atomic E-state index is 14.1. The predicted octanol–water partition coefficient (Wildman–Crippen LogP) is 4.82. The van der Waals surface area contributed by atoms with Gasteiger partial charge in [-0.1, -0.05) is 36.7 Å². The Morgan fingerprint density at radius 1 is 1.10 bits per heavy atom. The van der Waals surface area contributed by atoms with E-state index in [9.17, 15) is 8.78 Å². The molecule has 1 unspecified atom stereocenters. The molecule has 1 nitrogen and oxygen atoms in total. The molecule has 0 amide bonds. The van der Waals surface area contributed by atoms with Crippen LogP contribution in [0.2, 0.25) is 5.02 Å². The van der Waals surface area contributed by atoms with E-state index in [1.807, 2.05) is 19.9 Å². The first-order chi connectivity index (χ1) is 10.0. The predicted molar refractivity (Wildman–Crippen MR) is 82.7 cm³/mol. The molecule has 1 atom stereocenters. The van der Waals surface area contributed by atoms with Gasteiger partial charge in [0.1, 0.15) is 11.6 Å². The molecule has 0 radical (unpaired) electrons. The minimum absolute atomic E-state index is 0.0975. The van der Waals surface area contributed by atoms with Crippen molar-refractivity contribution in [3.8, 4) is 0 Å². The van der Waals surface area contributed by atoms with Crippen molar-refractivity contribution in [2.75, 3.05) is 6.54 Å². The van der Waals surface area contributed by atoms with Crippen LogP contribution in [0, 0.1) is 18.6 Å². The smallest absolute Gasteiger partial charge is 0.142 e. The van der Waals surface area contributed by atoms with Gasteiger partial charge in [-0.05, 0) is 49.2 Å². The van der Waals surface area contributed by atoms with Crippen LogP contribution in [0.4, 0.5) is 8.78 Å².